The molecule has 2 N–H and O–H groups in total. The summed E-state index contributed by atoms with van der Waals surface area (Å²) >= 11 is 0. The van der Waals surface area contributed by atoms with E-state index in [-0.39, 0.29) is 25.7 Å². The average molecular weight is 446 g/mol. The van der Waals surface area contributed by atoms with Crippen LogP contribution in [0.25, 0.3) is 21.8 Å². The van der Waals surface area contributed by atoms with Crippen LogP contribution in [-0.2, 0) is 28.9 Å². The lowest BCUT2D eigenvalue weighted by atomic mass is 9.96. The van der Waals surface area contributed by atoms with Crippen molar-refractivity contribution in [2.45, 2.75) is 19.4 Å². The third-order valence-electron chi connectivity index (χ3n) is 6.23. The number of benzene rings is 2. The minimum Gasteiger partial charge on any atom is -0.497 e. The summed E-state index contributed by atoms with van der Waals surface area (Å²) in [6, 6.07) is 16.4. The summed E-state index contributed by atoms with van der Waals surface area (Å²) in [5, 5.41) is 11.3. The maximum absolute atomic E-state index is 12.6. The number of H-pyrrole nitrogens is 1. The normalized spacial score (nSPS) is 13.5. The number of aromatic amines is 1. The number of aliphatic hydroxyl groups excluding tert-OH is 1. The highest BCUT2D eigenvalue weighted by Gasteiger charge is 2.26. The van der Waals surface area contributed by atoms with Crippen molar-refractivity contribution in [3.8, 4) is 5.75 Å². The summed E-state index contributed by atoms with van der Waals surface area (Å²) in [5.41, 5.74) is 6.42. The van der Waals surface area contributed by atoms with E-state index in [0.29, 0.717) is 19.5 Å². The van der Waals surface area contributed by atoms with Gasteiger partial charge in [0.1, 0.15) is 12.4 Å². The number of fused-ring (bicyclic) bond motifs is 5. The SMILES string of the molecule is COc1ccc(Cc2nc3c(c4c2[nH]c2ccccc24)CCN(C(=O)COCCO)C3)cc1. The second-order valence-corrected chi connectivity index (χ2v) is 8.27. The van der Waals surface area contributed by atoms with Gasteiger partial charge >= 0.3 is 0 Å². The lowest BCUT2D eigenvalue weighted by Gasteiger charge is -2.29. The fourth-order valence-corrected chi connectivity index (χ4v) is 4.60. The zero-order chi connectivity index (χ0) is 22.8. The Labute approximate surface area is 192 Å². The van der Waals surface area contributed by atoms with E-state index in [1.165, 1.54) is 16.3 Å². The Balaban J connectivity index is 1.55. The van der Waals surface area contributed by atoms with E-state index in [9.17, 15) is 4.79 Å². The number of hydrogen-bond acceptors (Lipinski definition) is 5. The summed E-state index contributed by atoms with van der Waals surface area (Å²) in [7, 11) is 1.66. The number of carbonyl (C=O) groups is 1. The summed E-state index contributed by atoms with van der Waals surface area (Å²) in [5.74, 6) is 0.747. The van der Waals surface area contributed by atoms with Crippen LogP contribution in [0, 0.1) is 0 Å². The fraction of sp³-hybridized carbons (Fsp3) is 0.308. The van der Waals surface area contributed by atoms with E-state index in [0.717, 1.165) is 40.2 Å². The van der Waals surface area contributed by atoms with Crippen LogP contribution < -0.4 is 4.74 Å². The molecule has 1 aliphatic heterocycles. The van der Waals surface area contributed by atoms with Crippen LogP contribution in [0.4, 0.5) is 0 Å². The Bertz CT molecular complexity index is 1300. The van der Waals surface area contributed by atoms with Crippen molar-refractivity contribution in [2.75, 3.05) is 33.5 Å². The topological polar surface area (TPSA) is 87.7 Å². The van der Waals surface area contributed by atoms with E-state index in [1.54, 1.807) is 12.0 Å². The number of aromatic nitrogens is 2. The van der Waals surface area contributed by atoms with Gasteiger partial charge in [0.05, 0.1) is 43.8 Å². The summed E-state index contributed by atoms with van der Waals surface area (Å²) in [6.07, 6.45) is 1.42. The molecule has 0 bridgehead atoms. The van der Waals surface area contributed by atoms with Gasteiger partial charge in [-0.05, 0) is 35.7 Å². The molecule has 1 aliphatic rings. The summed E-state index contributed by atoms with van der Waals surface area (Å²) in [6.45, 7) is 1.13. The number of pyridine rings is 1. The summed E-state index contributed by atoms with van der Waals surface area (Å²) < 4.78 is 10.5. The maximum Gasteiger partial charge on any atom is 0.248 e. The third-order valence-corrected chi connectivity index (χ3v) is 6.23. The molecule has 1 amide bonds. The van der Waals surface area contributed by atoms with E-state index in [1.807, 2.05) is 18.2 Å². The zero-order valence-corrected chi connectivity index (χ0v) is 18.6. The molecule has 3 heterocycles. The van der Waals surface area contributed by atoms with Crippen LogP contribution >= 0.6 is 0 Å². The molecule has 33 heavy (non-hydrogen) atoms. The highest BCUT2D eigenvalue weighted by Crippen LogP contribution is 2.35. The second-order valence-electron chi connectivity index (χ2n) is 8.27. The van der Waals surface area contributed by atoms with Gasteiger partial charge < -0.3 is 24.5 Å². The molecular weight excluding hydrogens is 418 g/mol. The van der Waals surface area contributed by atoms with Crippen molar-refractivity contribution in [3.05, 3.63) is 71.0 Å². The molecule has 2 aromatic carbocycles. The molecule has 0 fully saturated rings. The molecular formula is C26H27N3O4. The van der Waals surface area contributed by atoms with Crippen LogP contribution in [0.1, 0.15) is 22.5 Å². The number of amides is 1. The Hall–Kier alpha value is -3.42. The first kappa shape index (κ1) is 21.4. The van der Waals surface area contributed by atoms with E-state index >= 15 is 0 Å². The molecule has 170 valence electrons. The van der Waals surface area contributed by atoms with Crippen molar-refractivity contribution in [2.24, 2.45) is 0 Å². The van der Waals surface area contributed by atoms with Gasteiger partial charge in [-0.15, -0.1) is 0 Å². The number of methoxy groups -OCH3 is 1. The number of carbonyl (C=O) groups excluding carboxylic acids is 1. The molecule has 0 saturated heterocycles. The van der Waals surface area contributed by atoms with E-state index in [4.69, 9.17) is 19.6 Å². The number of para-hydroxylation sites is 1. The van der Waals surface area contributed by atoms with Gasteiger partial charge in [0, 0.05) is 29.3 Å². The molecule has 0 saturated carbocycles. The van der Waals surface area contributed by atoms with Crippen molar-refractivity contribution in [3.63, 3.8) is 0 Å². The van der Waals surface area contributed by atoms with Gasteiger partial charge in [0.2, 0.25) is 5.91 Å². The van der Waals surface area contributed by atoms with Gasteiger partial charge in [-0.1, -0.05) is 30.3 Å². The molecule has 0 aliphatic carbocycles. The van der Waals surface area contributed by atoms with Crippen LogP contribution in [0.15, 0.2) is 48.5 Å². The number of hydrogen-bond donors (Lipinski definition) is 2. The minimum atomic E-state index is -0.0923. The van der Waals surface area contributed by atoms with Crippen LogP contribution in [-0.4, -0.2) is 59.4 Å². The molecule has 4 aromatic rings. The molecule has 0 radical (unpaired) electrons. The monoisotopic (exact) mass is 445 g/mol. The van der Waals surface area contributed by atoms with Crippen LogP contribution in [0.2, 0.25) is 0 Å². The van der Waals surface area contributed by atoms with Gasteiger partial charge in [0.25, 0.3) is 0 Å². The standard InChI is InChI=1S/C26H27N3O4/c1-32-18-8-6-17(7-9-18)14-22-26-25(19-4-2-3-5-21(19)28-26)20-10-11-29(15-23(20)27-22)24(31)16-33-13-12-30/h2-9,28,30H,10-16H2,1H3. The Morgan fingerprint density at radius 1 is 1.18 bits per heavy atom. The Kier molecular flexibility index (Phi) is 5.98. The first-order chi connectivity index (χ1) is 16.2. The maximum atomic E-state index is 12.6. The predicted molar refractivity (Wildman–Crippen MR) is 126 cm³/mol. The molecule has 0 spiro atoms. The van der Waals surface area contributed by atoms with Crippen LogP contribution in [0.3, 0.4) is 0 Å². The van der Waals surface area contributed by atoms with Crippen molar-refractivity contribution in [1.29, 1.82) is 0 Å². The van der Waals surface area contributed by atoms with Crippen molar-refractivity contribution >= 4 is 27.7 Å². The van der Waals surface area contributed by atoms with Gasteiger partial charge in [0.15, 0.2) is 0 Å². The minimum absolute atomic E-state index is 0.0239. The molecule has 5 rings (SSSR count). The summed E-state index contributed by atoms with van der Waals surface area (Å²) in [4.78, 5) is 23.1. The van der Waals surface area contributed by atoms with Gasteiger partial charge in [-0.25, -0.2) is 0 Å². The quantitative estimate of drug-likeness (QED) is 0.427. The zero-order valence-electron chi connectivity index (χ0n) is 18.6. The smallest absolute Gasteiger partial charge is 0.248 e. The highest BCUT2D eigenvalue weighted by molar-refractivity contribution is 6.10. The molecule has 0 unspecified atom stereocenters. The second kappa shape index (κ2) is 9.21. The molecule has 2 aromatic heterocycles. The largest absolute Gasteiger partial charge is 0.497 e. The number of aliphatic hydroxyl groups is 1. The van der Waals surface area contributed by atoms with E-state index < -0.39 is 0 Å². The number of rotatable bonds is 7. The average Bonchev–Trinajstić information content (AvgIpc) is 3.24. The molecule has 7 heteroatoms. The van der Waals surface area contributed by atoms with E-state index in [2.05, 4.69) is 35.3 Å². The van der Waals surface area contributed by atoms with Crippen LogP contribution in [0.5, 0.6) is 5.75 Å². The number of nitrogens with one attached hydrogen (secondary N) is 1. The van der Waals surface area contributed by atoms with Gasteiger partial charge in [-0.3, -0.25) is 9.78 Å². The first-order valence-corrected chi connectivity index (χ1v) is 11.2. The Morgan fingerprint density at radius 2 is 2.00 bits per heavy atom. The first-order valence-electron chi connectivity index (χ1n) is 11.2. The number of ether oxygens (including phenoxy) is 2. The van der Waals surface area contributed by atoms with Crippen molar-refractivity contribution < 1.29 is 19.4 Å². The lowest BCUT2D eigenvalue weighted by molar-refractivity contribution is -0.137. The molecule has 0 atom stereocenters. The highest BCUT2D eigenvalue weighted by atomic mass is 16.5. The third kappa shape index (κ3) is 4.17. The van der Waals surface area contributed by atoms with Gasteiger partial charge in [-0.2, -0.15) is 0 Å². The van der Waals surface area contributed by atoms with Crippen molar-refractivity contribution in [1.82, 2.24) is 14.9 Å². The lowest BCUT2D eigenvalue weighted by Crippen LogP contribution is -2.39. The fourth-order valence-electron chi connectivity index (χ4n) is 4.60. The molecule has 7 nitrogen and oxygen atoms in total. The Morgan fingerprint density at radius 3 is 2.79 bits per heavy atom. The number of nitrogens with zero attached hydrogens (tertiary/aromatic N) is 2. The predicted octanol–water partition coefficient (Wildman–Crippen LogP) is 3.21.